The van der Waals surface area contributed by atoms with E-state index < -0.39 is 5.97 Å². The highest BCUT2D eigenvalue weighted by molar-refractivity contribution is 6.02. The van der Waals surface area contributed by atoms with Crippen molar-refractivity contribution in [1.82, 2.24) is 0 Å². The first kappa shape index (κ1) is 18.0. The largest absolute Gasteiger partial charge is 0.478 e. The molecule has 23 heavy (non-hydrogen) atoms. The zero-order chi connectivity index (χ0) is 17.2. The summed E-state index contributed by atoms with van der Waals surface area (Å²) in [6, 6.07) is 0. The quantitative estimate of drug-likeness (QED) is 0.533. The average Bonchev–Trinajstić information content (AvgIpc) is 2.92. The molecule has 0 aromatic rings. The normalized spacial score (nSPS) is 26.4. The van der Waals surface area contributed by atoms with E-state index in [0.717, 1.165) is 44.9 Å². The molecule has 0 aliphatic heterocycles. The fraction of sp³-hybridized carbons (Fsp3) is 0.789. The van der Waals surface area contributed by atoms with Crippen LogP contribution >= 0.6 is 0 Å². The van der Waals surface area contributed by atoms with Crippen molar-refractivity contribution < 1.29 is 19.4 Å². The summed E-state index contributed by atoms with van der Waals surface area (Å²) in [6.45, 7) is 8.32. The molecule has 0 saturated heterocycles. The Kier molecular flexibility index (Phi) is 5.53. The minimum Gasteiger partial charge on any atom is -0.478 e. The minimum absolute atomic E-state index is 0.0206. The molecular weight excluding hydrogens is 292 g/mol. The van der Waals surface area contributed by atoms with Gasteiger partial charge < -0.3 is 9.84 Å². The lowest BCUT2D eigenvalue weighted by molar-refractivity contribution is -0.146. The van der Waals surface area contributed by atoms with E-state index in [-0.39, 0.29) is 29.3 Å². The molecule has 0 spiro atoms. The van der Waals surface area contributed by atoms with Crippen LogP contribution in [0.2, 0.25) is 0 Å². The fourth-order valence-corrected chi connectivity index (χ4v) is 4.43. The van der Waals surface area contributed by atoms with Crippen molar-refractivity contribution in [3.05, 3.63) is 11.1 Å². The lowest BCUT2D eigenvalue weighted by atomic mass is 9.79. The second-order valence-corrected chi connectivity index (χ2v) is 7.57. The maximum Gasteiger partial charge on any atom is 0.335 e. The molecule has 130 valence electrons. The predicted octanol–water partition coefficient (Wildman–Crippen LogP) is 4.34. The van der Waals surface area contributed by atoms with Crippen LogP contribution in [0.15, 0.2) is 11.1 Å². The summed E-state index contributed by atoms with van der Waals surface area (Å²) >= 11 is 0. The lowest BCUT2D eigenvalue weighted by Crippen LogP contribution is -2.25. The maximum atomic E-state index is 12.7. The molecule has 0 radical (unpaired) electrons. The summed E-state index contributed by atoms with van der Waals surface area (Å²) in [6.07, 6.45) is 6.62. The highest BCUT2D eigenvalue weighted by Gasteiger charge is 2.57. The Morgan fingerprint density at radius 1 is 1.17 bits per heavy atom. The van der Waals surface area contributed by atoms with E-state index in [1.807, 2.05) is 6.92 Å². The van der Waals surface area contributed by atoms with E-state index >= 15 is 0 Å². The monoisotopic (exact) mass is 322 g/mol. The number of hydrogen-bond acceptors (Lipinski definition) is 3. The molecule has 0 amide bonds. The van der Waals surface area contributed by atoms with Crippen molar-refractivity contribution in [3.8, 4) is 0 Å². The molecule has 1 fully saturated rings. The van der Waals surface area contributed by atoms with E-state index in [0.29, 0.717) is 11.1 Å². The zero-order valence-electron chi connectivity index (χ0n) is 14.9. The average molecular weight is 322 g/mol. The van der Waals surface area contributed by atoms with Gasteiger partial charge in [0.15, 0.2) is 0 Å². The Hall–Kier alpha value is -1.32. The second kappa shape index (κ2) is 7.06. The molecule has 1 N–H and O–H groups in total. The third-order valence-corrected chi connectivity index (χ3v) is 5.84. The molecule has 2 rings (SSSR count). The summed E-state index contributed by atoms with van der Waals surface area (Å²) in [4.78, 5) is 24.4. The van der Waals surface area contributed by atoms with Gasteiger partial charge in [-0.05, 0) is 49.4 Å². The van der Waals surface area contributed by atoms with E-state index in [4.69, 9.17) is 4.74 Å². The summed E-state index contributed by atoms with van der Waals surface area (Å²) in [5, 5.41) is 9.59. The summed E-state index contributed by atoms with van der Waals surface area (Å²) in [7, 11) is 0. The highest BCUT2D eigenvalue weighted by Crippen LogP contribution is 2.60. The Morgan fingerprint density at radius 3 is 2.30 bits per heavy atom. The number of rotatable bonds is 8. The molecule has 3 unspecified atom stereocenters. The first-order valence-corrected chi connectivity index (χ1v) is 9.02. The van der Waals surface area contributed by atoms with Gasteiger partial charge in [-0.25, -0.2) is 9.59 Å². The van der Waals surface area contributed by atoms with E-state index in [1.54, 1.807) is 0 Å². The third kappa shape index (κ3) is 3.31. The first-order valence-electron chi connectivity index (χ1n) is 9.02. The smallest absolute Gasteiger partial charge is 0.335 e. The number of esters is 1. The highest BCUT2D eigenvalue weighted by atomic mass is 16.5. The number of ether oxygens (including phenoxy) is 1. The van der Waals surface area contributed by atoms with Crippen LogP contribution in [0.5, 0.6) is 0 Å². The van der Waals surface area contributed by atoms with Gasteiger partial charge in [-0.1, -0.05) is 40.5 Å². The van der Waals surface area contributed by atoms with E-state index in [2.05, 4.69) is 20.8 Å². The molecule has 0 aromatic carbocycles. The number of carbonyl (C=O) groups excluding carboxylic acids is 1. The third-order valence-electron chi connectivity index (χ3n) is 5.84. The molecule has 2 aliphatic rings. The van der Waals surface area contributed by atoms with Crippen molar-refractivity contribution in [2.45, 2.75) is 78.7 Å². The van der Waals surface area contributed by atoms with Gasteiger partial charge in [-0.2, -0.15) is 0 Å². The molecule has 0 heterocycles. The standard InChI is InChI=1S/C19H30O4/c1-5-7-8-9-12(6-2)23-18(22)16-14-11-10-13(19(14,3)4)15(16)17(20)21/h12-14H,5-11H2,1-4H3,(H,20,21). The molecular formula is C19H30O4. The van der Waals surface area contributed by atoms with Gasteiger partial charge in [0.1, 0.15) is 6.10 Å². The van der Waals surface area contributed by atoms with Gasteiger partial charge in [0, 0.05) is 0 Å². The van der Waals surface area contributed by atoms with Crippen molar-refractivity contribution in [2.75, 3.05) is 0 Å². The van der Waals surface area contributed by atoms with Crippen LogP contribution in [0.4, 0.5) is 0 Å². The molecule has 4 heteroatoms. The maximum absolute atomic E-state index is 12.7. The number of carbonyl (C=O) groups is 2. The van der Waals surface area contributed by atoms with Crippen LogP contribution in [-0.4, -0.2) is 23.1 Å². The molecule has 0 aromatic heterocycles. The molecule has 4 nitrogen and oxygen atoms in total. The van der Waals surface area contributed by atoms with Crippen molar-refractivity contribution in [2.24, 2.45) is 17.3 Å². The van der Waals surface area contributed by atoms with Gasteiger partial charge in [-0.15, -0.1) is 0 Å². The molecule has 1 saturated carbocycles. The van der Waals surface area contributed by atoms with Crippen molar-refractivity contribution in [1.29, 1.82) is 0 Å². The van der Waals surface area contributed by atoms with Crippen molar-refractivity contribution >= 4 is 11.9 Å². The van der Waals surface area contributed by atoms with E-state index in [9.17, 15) is 14.7 Å². The van der Waals surface area contributed by atoms with Crippen LogP contribution in [0.1, 0.15) is 72.6 Å². The van der Waals surface area contributed by atoms with Gasteiger partial charge in [0.2, 0.25) is 0 Å². The fourth-order valence-electron chi connectivity index (χ4n) is 4.43. The topological polar surface area (TPSA) is 63.6 Å². The number of unbranched alkanes of at least 4 members (excludes halogenated alkanes) is 2. The number of aliphatic carboxylic acids is 1. The van der Waals surface area contributed by atoms with Gasteiger partial charge in [-0.3, -0.25) is 0 Å². The van der Waals surface area contributed by atoms with Crippen LogP contribution in [0.25, 0.3) is 0 Å². The summed E-state index contributed by atoms with van der Waals surface area (Å²) in [5.41, 5.74) is 0.624. The number of carboxylic acids is 1. The Labute approximate surface area is 139 Å². The van der Waals surface area contributed by atoms with Crippen LogP contribution in [0.3, 0.4) is 0 Å². The number of carboxylic acid groups (broad SMARTS) is 1. The number of hydrogen-bond donors (Lipinski definition) is 1. The Morgan fingerprint density at radius 2 is 1.78 bits per heavy atom. The van der Waals surface area contributed by atoms with Crippen LogP contribution in [0, 0.1) is 17.3 Å². The summed E-state index contributed by atoms with van der Waals surface area (Å²) in [5.74, 6) is -1.32. The Bertz CT molecular complexity index is 503. The van der Waals surface area contributed by atoms with Gasteiger partial charge in [0.25, 0.3) is 0 Å². The molecule has 3 atom stereocenters. The Balaban J connectivity index is 2.15. The van der Waals surface area contributed by atoms with Crippen molar-refractivity contribution in [3.63, 3.8) is 0 Å². The lowest BCUT2D eigenvalue weighted by Gasteiger charge is -2.26. The molecule has 2 bridgehead atoms. The van der Waals surface area contributed by atoms with Crippen LogP contribution in [-0.2, 0) is 14.3 Å². The first-order chi connectivity index (χ1) is 10.8. The van der Waals surface area contributed by atoms with Gasteiger partial charge in [0.05, 0.1) is 11.1 Å². The van der Waals surface area contributed by atoms with Crippen LogP contribution < -0.4 is 0 Å². The van der Waals surface area contributed by atoms with E-state index in [1.165, 1.54) is 0 Å². The predicted molar refractivity (Wildman–Crippen MR) is 89.0 cm³/mol. The number of fused-ring (bicyclic) bond motifs is 2. The minimum atomic E-state index is -0.948. The SMILES string of the molecule is CCCCCC(CC)OC(=O)C1=C(C(=O)O)C2CCC1C2(C)C. The van der Waals surface area contributed by atoms with Gasteiger partial charge >= 0.3 is 11.9 Å². The zero-order valence-corrected chi connectivity index (χ0v) is 14.9. The summed E-state index contributed by atoms with van der Waals surface area (Å²) < 4.78 is 5.70. The molecule has 2 aliphatic carbocycles. The second-order valence-electron chi connectivity index (χ2n) is 7.57.